The molecule has 1 fully saturated rings. The van der Waals surface area contributed by atoms with Gasteiger partial charge in [-0.05, 0) is 25.3 Å². The lowest BCUT2D eigenvalue weighted by molar-refractivity contribution is -0.117. The molecular weight excluding hydrogens is 412 g/mol. The van der Waals surface area contributed by atoms with Gasteiger partial charge in [0.15, 0.2) is 28.9 Å². The van der Waals surface area contributed by atoms with E-state index in [9.17, 15) is 9.59 Å². The lowest BCUT2D eigenvalue weighted by atomic mass is 10.1. The van der Waals surface area contributed by atoms with Crippen LogP contribution in [0.3, 0.4) is 0 Å². The quantitative estimate of drug-likeness (QED) is 0.535. The highest BCUT2D eigenvalue weighted by atomic mass is 16.5. The predicted octanol–water partition coefficient (Wildman–Crippen LogP) is 2.52. The molecule has 32 heavy (non-hydrogen) atoms. The van der Waals surface area contributed by atoms with E-state index in [4.69, 9.17) is 4.74 Å². The number of amides is 1. The van der Waals surface area contributed by atoms with Crippen LogP contribution in [0.25, 0.3) is 11.3 Å². The zero-order valence-corrected chi connectivity index (χ0v) is 18.5. The summed E-state index contributed by atoms with van der Waals surface area (Å²) in [4.78, 5) is 30.5. The monoisotopic (exact) mass is 436 g/mol. The first-order valence-electron chi connectivity index (χ1n) is 10.2. The second kappa shape index (κ2) is 8.33. The van der Waals surface area contributed by atoms with Crippen LogP contribution in [0.4, 0.5) is 17.3 Å². The van der Waals surface area contributed by atoms with Crippen LogP contribution in [0.5, 0.6) is 5.75 Å². The van der Waals surface area contributed by atoms with Gasteiger partial charge in [-0.3, -0.25) is 9.59 Å². The smallest absolute Gasteiger partial charge is 0.228 e. The summed E-state index contributed by atoms with van der Waals surface area (Å²) in [5, 5.41) is 22.4. The molecule has 3 heterocycles. The van der Waals surface area contributed by atoms with Gasteiger partial charge in [0.05, 0.1) is 24.6 Å². The van der Waals surface area contributed by atoms with Gasteiger partial charge < -0.3 is 15.4 Å². The normalized spacial score (nSPS) is 17.0. The number of hydrogen-bond acceptors (Lipinski definition) is 9. The minimum Gasteiger partial charge on any atom is -0.492 e. The molecule has 1 aliphatic rings. The Bertz CT molecular complexity index is 1210. The Morgan fingerprint density at radius 3 is 2.59 bits per heavy atom. The van der Waals surface area contributed by atoms with Crippen molar-refractivity contribution in [3.8, 4) is 17.0 Å². The Morgan fingerprint density at radius 1 is 1.25 bits per heavy atom. The molecule has 1 amide bonds. The van der Waals surface area contributed by atoms with Gasteiger partial charge in [0.1, 0.15) is 5.69 Å². The number of aromatic nitrogens is 6. The lowest BCUT2D eigenvalue weighted by Gasteiger charge is -2.16. The SMILES string of the molecule is COc1c(-c2cnn(C)n2)cc(C)nc1Nc1cc(NC(=O)[C@H]2C[C@@H]2C)nnc1C(C)=O. The predicted molar refractivity (Wildman–Crippen MR) is 117 cm³/mol. The summed E-state index contributed by atoms with van der Waals surface area (Å²) in [5.41, 5.74) is 2.49. The summed E-state index contributed by atoms with van der Waals surface area (Å²) < 4.78 is 5.62. The average Bonchev–Trinajstić information content (AvgIpc) is 3.31. The number of pyridine rings is 1. The number of methoxy groups -OCH3 is 1. The molecule has 3 aromatic heterocycles. The van der Waals surface area contributed by atoms with Crippen LogP contribution in [-0.2, 0) is 11.8 Å². The Kier molecular flexibility index (Phi) is 5.56. The first-order valence-corrected chi connectivity index (χ1v) is 10.2. The molecule has 0 spiro atoms. The van der Waals surface area contributed by atoms with E-state index in [0.29, 0.717) is 40.1 Å². The van der Waals surface area contributed by atoms with Crippen molar-refractivity contribution in [3.63, 3.8) is 0 Å². The number of hydrogen-bond donors (Lipinski definition) is 2. The Labute approximate surface area is 184 Å². The van der Waals surface area contributed by atoms with Gasteiger partial charge in [-0.15, -0.1) is 10.2 Å². The Hall–Kier alpha value is -3.89. The van der Waals surface area contributed by atoms with E-state index in [-0.39, 0.29) is 29.1 Å². The molecule has 2 atom stereocenters. The first-order chi connectivity index (χ1) is 15.3. The van der Waals surface area contributed by atoms with Crippen LogP contribution in [-0.4, -0.2) is 49.0 Å². The molecule has 0 saturated heterocycles. The van der Waals surface area contributed by atoms with Crippen molar-refractivity contribution in [2.24, 2.45) is 18.9 Å². The fourth-order valence-corrected chi connectivity index (χ4v) is 3.45. The van der Waals surface area contributed by atoms with E-state index in [1.165, 1.54) is 18.8 Å². The van der Waals surface area contributed by atoms with Crippen LogP contribution >= 0.6 is 0 Å². The van der Waals surface area contributed by atoms with E-state index in [1.807, 2.05) is 19.9 Å². The molecule has 0 aliphatic heterocycles. The number of Topliss-reactive ketones (excluding diaryl/α,β-unsaturated/α-hetero) is 1. The molecule has 2 N–H and O–H groups in total. The highest BCUT2D eigenvalue weighted by Crippen LogP contribution is 2.39. The van der Waals surface area contributed by atoms with Crippen molar-refractivity contribution in [1.82, 2.24) is 30.2 Å². The number of nitrogens with zero attached hydrogens (tertiary/aromatic N) is 6. The molecule has 1 saturated carbocycles. The second-order valence-corrected chi connectivity index (χ2v) is 7.89. The molecule has 0 unspecified atom stereocenters. The zero-order valence-electron chi connectivity index (χ0n) is 18.5. The molecule has 166 valence electrons. The Morgan fingerprint density at radius 2 is 2.00 bits per heavy atom. The van der Waals surface area contributed by atoms with Crippen LogP contribution < -0.4 is 15.4 Å². The largest absolute Gasteiger partial charge is 0.492 e. The standard InChI is InChI=1S/C21H24N8O3/c1-10-6-13(10)21(31)25-17-8-15(18(12(3)30)27-26-17)24-20-19(32-5)14(7-11(2)23-20)16-9-22-29(4)28-16/h7-10,13H,6H2,1-5H3,(H2,23,24,25,26,31)/t10-,13-/m0/s1. The summed E-state index contributed by atoms with van der Waals surface area (Å²) in [6.07, 6.45) is 2.48. The lowest BCUT2D eigenvalue weighted by Crippen LogP contribution is -2.17. The molecule has 1 aliphatic carbocycles. The third kappa shape index (κ3) is 4.27. The molecule has 0 aromatic carbocycles. The molecule has 4 rings (SSSR count). The van der Waals surface area contributed by atoms with Crippen LogP contribution in [0, 0.1) is 18.8 Å². The maximum Gasteiger partial charge on any atom is 0.228 e. The number of ether oxygens (including phenoxy) is 1. The minimum atomic E-state index is -0.283. The molecule has 11 heteroatoms. The number of rotatable bonds is 7. The number of ketones is 1. The molecule has 11 nitrogen and oxygen atoms in total. The van der Waals surface area contributed by atoms with Gasteiger partial charge in [0, 0.05) is 31.6 Å². The third-order valence-corrected chi connectivity index (χ3v) is 5.26. The third-order valence-electron chi connectivity index (χ3n) is 5.26. The maximum atomic E-state index is 12.3. The van der Waals surface area contributed by atoms with Crippen molar-refractivity contribution in [2.75, 3.05) is 17.7 Å². The number of nitrogens with one attached hydrogen (secondary N) is 2. The van der Waals surface area contributed by atoms with E-state index >= 15 is 0 Å². The summed E-state index contributed by atoms with van der Waals surface area (Å²) in [7, 11) is 3.25. The van der Waals surface area contributed by atoms with Gasteiger partial charge in [-0.25, -0.2) is 4.98 Å². The average molecular weight is 436 g/mol. The molecule has 3 aromatic rings. The maximum absolute atomic E-state index is 12.3. The highest BCUT2D eigenvalue weighted by molar-refractivity contribution is 6.00. The van der Waals surface area contributed by atoms with Crippen molar-refractivity contribution in [3.05, 3.63) is 29.7 Å². The highest BCUT2D eigenvalue weighted by Gasteiger charge is 2.39. The van der Waals surface area contributed by atoms with Gasteiger partial charge in [-0.2, -0.15) is 15.0 Å². The van der Waals surface area contributed by atoms with Gasteiger partial charge in [0.2, 0.25) is 5.91 Å². The van der Waals surface area contributed by atoms with E-state index in [0.717, 1.165) is 6.42 Å². The first kappa shape index (κ1) is 21.3. The number of carbonyl (C=O) groups excluding carboxylic acids is 2. The van der Waals surface area contributed by atoms with E-state index in [2.05, 4.69) is 36.0 Å². The van der Waals surface area contributed by atoms with Crippen LogP contribution in [0.15, 0.2) is 18.3 Å². The van der Waals surface area contributed by atoms with Gasteiger partial charge in [0.25, 0.3) is 0 Å². The molecule has 0 radical (unpaired) electrons. The number of aryl methyl sites for hydroxylation is 2. The zero-order chi connectivity index (χ0) is 23.0. The van der Waals surface area contributed by atoms with Gasteiger partial charge >= 0.3 is 0 Å². The topological polar surface area (TPSA) is 137 Å². The van der Waals surface area contributed by atoms with Crippen molar-refractivity contribution in [2.45, 2.75) is 27.2 Å². The van der Waals surface area contributed by atoms with E-state index < -0.39 is 0 Å². The van der Waals surface area contributed by atoms with Crippen molar-refractivity contribution in [1.29, 1.82) is 0 Å². The van der Waals surface area contributed by atoms with Crippen LogP contribution in [0.2, 0.25) is 0 Å². The molecule has 0 bridgehead atoms. The number of anilines is 3. The minimum absolute atomic E-state index is 0.0197. The van der Waals surface area contributed by atoms with Crippen molar-refractivity contribution >= 4 is 29.0 Å². The fourth-order valence-electron chi connectivity index (χ4n) is 3.45. The molecular formula is C21H24N8O3. The fraction of sp³-hybridized carbons (Fsp3) is 0.381. The number of carbonyl (C=O) groups is 2. The van der Waals surface area contributed by atoms with Crippen molar-refractivity contribution < 1.29 is 14.3 Å². The summed E-state index contributed by atoms with van der Waals surface area (Å²) in [6, 6.07) is 3.41. The van der Waals surface area contributed by atoms with Gasteiger partial charge in [-0.1, -0.05) is 6.92 Å². The second-order valence-electron chi connectivity index (χ2n) is 7.89. The summed E-state index contributed by atoms with van der Waals surface area (Å²) in [5.74, 6) is 1.00. The Balaban J connectivity index is 1.72. The van der Waals surface area contributed by atoms with E-state index in [1.54, 1.807) is 19.3 Å². The summed E-state index contributed by atoms with van der Waals surface area (Å²) in [6.45, 7) is 5.25. The van der Waals surface area contributed by atoms with Crippen LogP contribution in [0.1, 0.15) is 36.5 Å². The summed E-state index contributed by atoms with van der Waals surface area (Å²) >= 11 is 0.